The van der Waals surface area contributed by atoms with Crippen LogP contribution in [0.1, 0.15) is 10.6 Å². The van der Waals surface area contributed by atoms with Gasteiger partial charge in [0.1, 0.15) is 10.8 Å². The molecule has 0 spiro atoms. The van der Waals surface area contributed by atoms with Crippen LogP contribution in [0.2, 0.25) is 0 Å². The van der Waals surface area contributed by atoms with Crippen molar-refractivity contribution in [3.8, 4) is 17.0 Å². The van der Waals surface area contributed by atoms with Crippen molar-refractivity contribution < 1.29 is 9.53 Å². The SMILES string of the molecule is COc1ccc(-c2csc(CN3CCN(C(=O)/C=C/c4ccccc4)CC3)n2)cc1. The number of amides is 1. The van der Waals surface area contributed by atoms with Crippen molar-refractivity contribution in [1.29, 1.82) is 0 Å². The maximum Gasteiger partial charge on any atom is 0.246 e. The Morgan fingerprint density at radius 3 is 2.50 bits per heavy atom. The number of benzene rings is 2. The Kier molecular flexibility index (Phi) is 6.57. The summed E-state index contributed by atoms with van der Waals surface area (Å²) in [5.74, 6) is 0.926. The highest BCUT2D eigenvalue weighted by Crippen LogP contribution is 2.25. The summed E-state index contributed by atoms with van der Waals surface area (Å²) < 4.78 is 5.22. The van der Waals surface area contributed by atoms with E-state index in [4.69, 9.17) is 9.72 Å². The van der Waals surface area contributed by atoms with Gasteiger partial charge < -0.3 is 9.64 Å². The number of methoxy groups -OCH3 is 1. The second kappa shape index (κ2) is 9.69. The first-order valence-corrected chi connectivity index (χ1v) is 10.9. The number of rotatable bonds is 6. The van der Waals surface area contributed by atoms with Gasteiger partial charge in [0.25, 0.3) is 0 Å². The molecular weight excluding hydrogens is 394 g/mol. The van der Waals surface area contributed by atoms with Crippen molar-refractivity contribution >= 4 is 23.3 Å². The second-order valence-electron chi connectivity index (χ2n) is 7.20. The minimum Gasteiger partial charge on any atom is -0.497 e. The van der Waals surface area contributed by atoms with E-state index in [1.807, 2.05) is 65.6 Å². The third kappa shape index (κ3) is 5.14. The number of hydrogen-bond acceptors (Lipinski definition) is 5. The molecule has 0 bridgehead atoms. The molecule has 0 N–H and O–H groups in total. The Hall–Kier alpha value is -2.96. The fraction of sp³-hybridized carbons (Fsp3) is 0.250. The molecule has 1 saturated heterocycles. The molecule has 1 aliphatic heterocycles. The number of hydrogen-bond donors (Lipinski definition) is 0. The van der Waals surface area contributed by atoms with E-state index < -0.39 is 0 Å². The first-order chi connectivity index (χ1) is 14.7. The number of nitrogens with zero attached hydrogens (tertiary/aromatic N) is 3. The molecule has 0 aliphatic carbocycles. The number of carbonyl (C=O) groups is 1. The van der Waals surface area contributed by atoms with E-state index in [2.05, 4.69) is 10.3 Å². The average molecular weight is 420 g/mol. The molecular formula is C24H25N3O2S. The predicted molar refractivity (Wildman–Crippen MR) is 121 cm³/mol. The van der Waals surface area contributed by atoms with E-state index in [1.165, 1.54) is 0 Å². The Bertz CT molecular complexity index is 991. The zero-order chi connectivity index (χ0) is 20.8. The highest BCUT2D eigenvalue weighted by atomic mass is 32.1. The number of thiazole rings is 1. The fourth-order valence-electron chi connectivity index (χ4n) is 3.43. The standard InChI is InChI=1S/C24H25N3O2S/c1-29-21-10-8-20(9-11-21)22-18-30-23(25-22)17-26-13-15-27(16-14-26)24(28)12-7-19-5-3-2-4-6-19/h2-12,18H,13-17H2,1H3/b12-7+. The minimum absolute atomic E-state index is 0.0783. The highest BCUT2D eigenvalue weighted by molar-refractivity contribution is 7.09. The Labute approximate surface area is 181 Å². The van der Waals surface area contributed by atoms with Crippen LogP contribution >= 0.6 is 11.3 Å². The molecule has 1 amide bonds. The van der Waals surface area contributed by atoms with Gasteiger partial charge in [-0.15, -0.1) is 11.3 Å². The van der Waals surface area contributed by atoms with Gasteiger partial charge in [-0.2, -0.15) is 0 Å². The van der Waals surface area contributed by atoms with Crippen LogP contribution in [0.25, 0.3) is 17.3 Å². The van der Waals surface area contributed by atoms with Crippen molar-refractivity contribution in [2.75, 3.05) is 33.3 Å². The first-order valence-electron chi connectivity index (χ1n) is 10.0. The number of aromatic nitrogens is 1. The molecule has 5 nitrogen and oxygen atoms in total. The molecule has 0 saturated carbocycles. The smallest absolute Gasteiger partial charge is 0.246 e. The molecule has 6 heteroatoms. The summed E-state index contributed by atoms with van der Waals surface area (Å²) in [4.78, 5) is 21.5. The van der Waals surface area contributed by atoms with Crippen LogP contribution in [0.4, 0.5) is 0 Å². The summed E-state index contributed by atoms with van der Waals surface area (Å²) in [7, 11) is 1.67. The molecule has 4 rings (SSSR count). The van der Waals surface area contributed by atoms with Crippen LogP contribution in [0, 0.1) is 0 Å². The predicted octanol–water partition coefficient (Wildman–Crippen LogP) is 4.18. The summed E-state index contributed by atoms with van der Waals surface area (Å²) in [6, 6.07) is 17.9. The van der Waals surface area contributed by atoms with Gasteiger partial charge in [-0.3, -0.25) is 9.69 Å². The topological polar surface area (TPSA) is 45.7 Å². The van der Waals surface area contributed by atoms with Gasteiger partial charge in [0.2, 0.25) is 5.91 Å². The van der Waals surface area contributed by atoms with Crippen LogP contribution in [-0.4, -0.2) is 54.0 Å². The van der Waals surface area contributed by atoms with Gasteiger partial charge in [-0.25, -0.2) is 4.98 Å². The highest BCUT2D eigenvalue weighted by Gasteiger charge is 2.20. The molecule has 2 aromatic carbocycles. The molecule has 1 fully saturated rings. The molecule has 0 atom stereocenters. The molecule has 0 radical (unpaired) electrons. The Morgan fingerprint density at radius 1 is 1.07 bits per heavy atom. The zero-order valence-electron chi connectivity index (χ0n) is 17.0. The monoisotopic (exact) mass is 419 g/mol. The van der Waals surface area contributed by atoms with Crippen molar-refractivity contribution in [3.63, 3.8) is 0 Å². The largest absolute Gasteiger partial charge is 0.497 e. The van der Waals surface area contributed by atoms with E-state index >= 15 is 0 Å². The van der Waals surface area contributed by atoms with Gasteiger partial charge >= 0.3 is 0 Å². The lowest BCUT2D eigenvalue weighted by molar-refractivity contribution is -0.127. The van der Waals surface area contributed by atoms with E-state index in [-0.39, 0.29) is 5.91 Å². The van der Waals surface area contributed by atoms with E-state index in [0.29, 0.717) is 0 Å². The van der Waals surface area contributed by atoms with Gasteiger partial charge in [-0.05, 0) is 35.9 Å². The first kappa shape index (κ1) is 20.3. The lowest BCUT2D eigenvalue weighted by Gasteiger charge is -2.33. The van der Waals surface area contributed by atoms with Crippen molar-refractivity contribution in [1.82, 2.24) is 14.8 Å². The summed E-state index contributed by atoms with van der Waals surface area (Å²) in [6.45, 7) is 4.04. The Balaban J connectivity index is 1.28. The number of ether oxygens (including phenoxy) is 1. The summed E-state index contributed by atoms with van der Waals surface area (Å²) >= 11 is 1.69. The molecule has 30 heavy (non-hydrogen) atoms. The van der Waals surface area contributed by atoms with Gasteiger partial charge in [0.15, 0.2) is 0 Å². The molecule has 154 valence electrons. The van der Waals surface area contributed by atoms with E-state index in [9.17, 15) is 4.79 Å². The fourth-order valence-corrected chi connectivity index (χ4v) is 4.28. The van der Waals surface area contributed by atoms with Gasteiger partial charge in [0.05, 0.1) is 19.3 Å². The van der Waals surface area contributed by atoms with Gasteiger partial charge in [-0.1, -0.05) is 30.3 Å². The van der Waals surface area contributed by atoms with Crippen molar-refractivity contribution in [2.24, 2.45) is 0 Å². The summed E-state index contributed by atoms with van der Waals surface area (Å²) in [6.07, 6.45) is 3.55. The molecule has 2 heterocycles. The van der Waals surface area contributed by atoms with Gasteiger partial charge in [0, 0.05) is 43.2 Å². The van der Waals surface area contributed by atoms with Crippen LogP contribution in [0.15, 0.2) is 66.1 Å². The van der Waals surface area contributed by atoms with Crippen LogP contribution in [0.5, 0.6) is 5.75 Å². The average Bonchev–Trinajstić information content (AvgIpc) is 3.27. The molecule has 3 aromatic rings. The molecule has 1 aliphatic rings. The third-order valence-corrected chi connectivity index (χ3v) is 6.03. The molecule has 0 unspecified atom stereocenters. The molecule has 1 aromatic heterocycles. The zero-order valence-corrected chi connectivity index (χ0v) is 17.8. The number of piperazine rings is 1. The third-order valence-electron chi connectivity index (χ3n) is 5.20. The van der Waals surface area contributed by atoms with E-state index in [0.717, 1.165) is 60.3 Å². The van der Waals surface area contributed by atoms with Crippen molar-refractivity contribution in [3.05, 3.63) is 76.6 Å². The van der Waals surface area contributed by atoms with Crippen molar-refractivity contribution in [2.45, 2.75) is 6.54 Å². The van der Waals surface area contributed by atoms with Crippen LogP contribution in [-0.2, 0) is 11.3 Å². The van der Waals surface area contributed by atoms with Crippen LogP contribution < -0.4 is 4.74 Å². The lowest BCUT2D eigenvalue weighted by Crippen LogP contribution is -2.47. The number of carbonyl (C=O) groups excluding carboxylic acids is 1. The normalized spacial score (nSPS) is 14.9. The second-order valence-corrected chi connectivity index (χ2v) is 8.14. The quantitative estimate of drug-likeness (QED) is 0.563. The lowest BCUT2D eigenvalue weighted by atomic mass is 10.2. The summed E-state index contributed by atoms with van der Waals surface area (Å²) in [5, 5.41) is 3.20. The Morgan fingerprint density at radius 2 is 1.80 bits per heavy atom. The maximum atomic E-state index is 12.4. The van der Waals surface area contributed by atoms with Crippen LogP contribution in [0.3, 0.4) is 0 Å². The van der Waals surface area contributed by atoms with E-state index in [1.54, 1.807) is 24.5 Å². The summed E-state index contributed by atoms with van der Waals surface area (Å²) in [5.41, 5.74) is 3.14. The maximum absolute atomic E-state index is 12.4. The minimum atomic E-state index is 0.0783.